The molecule has 0 aliphatic heterocycles. The van der Waals surface area contributed by atoms with E-state index in [9.17, 15) is 0 Å². The molecule has 0 aliphatic carbocycles. The topological polar surface area (TPSA) is 38.0 Å². The summed E-state index contributed by atoms with van der Waals surface area (Å²) in [6.07, 6.45) is 3.17. The summed E-state index contributed by atoms with van der Waals surface area (Å²) in [6.45, 7) is 0.554. The molecule has 3 nitrogen and oxygen atoms in total. The molecule has 1 aromatic rings. The van der Waals surface area contributed by atoms with Gasteiger partial charge in [0.25, 0.3) is 0 Å². The lowest BCUT2D eigenvalue weighted by Crippen LogP contribution is -2.17. The Bertz CT molecular complexity index is 176. The summed E-state index contributed by atoms with van der Waals surface area (Å²) in [5, 5.41) is 13.7. The highest BCUT2D eigenvalue weighted by Gasteiger charge is 2.00. The van der Waals surface area contributed by atoms with Gasteiger partial charge in [-0.3, -0.25) is 4.68 Å². The number of aliphatic hydroxyl groups is 1. The van der Waals surface area contributed by atoms with Crippen molar-refractivity contribution in [3.8, 4) is 0 Å². The van der Waals surface area contributed by atoms with Gasteiger partial charge < -0.3 is 5.11 Å². The van der Waals surface area contributed by atoms with Crippen LogP contribution in [0.25, 0.3) is 0 Å². The first-order valence-electron chi connectivity index (χ1n) is 3.04. The normalized spacial score (nSPS) is 13.4. The van der Waals surface area contributed by atoms with Crippen LogP contribution in [0.3, 0.4) is 0 Å². The standard InChI is InChI=1S/C6H9BrN2O/c7-4-6(10)5-9-3-1-2-8-9/h1-3,6,10H,4-5H2. The lowest BCUT2D eigenvalue weighted by Gasteiger charge is -2.05. The Hall–Kier alpha value is -0.350. The Balaban J connectivity index is 2.40. The van der Waals surface area contributed by atoms with Crippen molar-refractivity contribution in [2.24, 2.45) is 0 Å². The molecule has 0 saturated carbocycles. The first-order valence-corrected chi connectivity index (χ1v) is 4.16. The number of rotatable bonds is 3. The van der Waals surface area contributed by atoms with Crippen molar-refractivity contribution in [3.63, 3.8) is 0 Å². The number of aliphatic hydroxyl groups excluding tert-OH is 1. The molecule has 0 bridgehead atoms. The average Bonchev–Trinajstić information content (AvgIpc) is 2.40. The second-order valence-corrected chi connectivity index (χ2v) is 2.68. The molecule has 1 N–H and O–H groups in total. The summed E-state index contributed by atoms with van der Waals surface area (Å²) in [5.74, 6) is 0. The Labute approximate surface area is 67.8 Å². The van der Waals surface area contributed by atoms with Gasteiger partial charge in [0.05, 0.1) is 12.6 Å². The molecule has 10 heavy (non-hydrogen) atoms. The average molecular weight is 205 g/mol. The quantitative estimate of drug-likeness (QED) is 0.735. The molecule has 0 radical (unpaired) electrons. The first kappa shape index (κ1) is 7.75. The van der Waals surface area contributed by atoms with Crippen LogP contribution in [0.1, 0.15) is 0 Å². The Morgan fingerprint density at radius 1 is 1.70 bits per heavy atom. The third-order valence-corrected chi connectivity index (χ3v) is 1.88. The van der Waals surface area contributed by atoms with Crippen molar-refractivity contribution in [1.29, 1.82) is 0 Å². The monoisotopic (exact) mass is 204 g/mol. The number of aromatic nitrogens is 2. The van der Waals surface area contributed by atoms with Crippen molar-refractivity contribution in [3.05, 3.63) is 18.5 Å². The minimum atomic E-state index is -0.347. The fraction of sp³-hybridized carbons (Fsp3) is 0.500. The van der Waals surface area contributed by atoms with E-state index in [2.05, 4.69) is 21.0 Å². The number of nitrogens with zero attached hydrogens (tertiary/aromatic N) is 2. The highest BCUT2D eigenvalue weighted by molar-refractivity contribution is 9.09. The van der Waals surface area contributed by atoms with Crippen molar-refractivity contribution >= 4 is 15.9 Å². The molecule has 0 fully saturated rings. The van der Waals surface area contributed by atoms with E-state index in [4.69, 9.17) is 5.11 Å². The van der Waals surface area contributed by atoms with Crippen LogP contribution in [0.4, 0.5) is 0 Å². The van der Waals surface area contributed by atoms with Crippen LogP contribution in [0.15, 0.2) is 18.5 Å². The van der Waals surface area contributed by atoms with Crippen molar-refractivity contribution in [1.82, 2.24) is 9.78 Å². The minimum absolute atomic E-state index is 0.347. The highest BCUT2D eigenvalue weighted by atomic mass is 79.9. The molecule has 0 spiro atoms. The summed E-state index contributed by atoms with van der Waals surface area (Å²) >= 11 is 3.17. The molecule has 4 heteroatoms. The number of hydrogen-bond donors (Lipinski definition) is 1. The SMILES string of the molecule is OC(CBr)Cn1cccn1. The van der Waals surface area contributed by atoms with E-state index in [-0.39, 0.29) is 6.10 Å². The zero-order valence-electron chi connectivity index (χ0n) is 5.44. The van der Waals surface area contributed by atoms with E-state index in [1.165, 1.54) is 0 Å². The van der Waals surface area contributed by atoms with Gasteiger partial charge >= 0.3 is 0 Å². The van der Waals surface area contributed by atoms with E-state index >= 15 is 0 Å². The van der Waals surface area contributed by atoms with Crippen LogP contribution >= 0.6 is 15.9 Å². The lowest BCUT2D eigenvalue weighted by atomic mass is 10.4. The van der Waals surface area contributed by atoms with E-state index in [1.54, 1.807) is 10.9 Å². The largest absolute Gasteiger partial charge is 0.390 e. The second-order valence-electron chi connectivity index (χ2n) is 2.04. The van der Waals surface area contributed by atoms with Gasteiger partial charge in [0.15, 0.2) is 0 Å². The molecule has 1 unspecified atom stereocenters. The maximum atomic E-state index is 9.12. The van der Waals surface area contributed by atoms with E-state index in [1.807, 2.05) is 12.3 Å². The van der Waals surface area contributed by atoms with Gasteiger partial charge in [-0.05, 0) is 6.07 Å². The lowest BCUT2D eigenvalue weighted by molar-refractivity contribution is 0.174. The molecule has 0 aliphatic rings. The van der Waals surface area contributed by atoms with Gasteiger partial charge in [0.2, 0.25) is 0 Å². The Morgan fingerprint density at radius 3 is 3.00 bits per heavy atom. The number of hydrogen-bond acceptors (Lipinski definition) is 2. The fourth-order valence-electron chi connectivity index (χ4n) is 0.673. The van der Waals surface area contributed by atoms with Gasteiger partial charge in [-0.1, -0.05) is 15.9 Å². The predicted molar refractivity (Wildman–Crippen MR) is 42.0 cm³/mol. The maximum absolute atomic E-state index is 9.12. The van der Waals surface area contributed by atoms with Gasteiger partial charge in [-0.2, -0.15) is 5.10 Å². The first-order chi connectivity index (χ1) is 4.83. The molecular formula is C6H9BrN2O. The molecule has 0 amide bonds. The maximum Gasteiger partial charge on any atom is 0.0832 e. The minimum Gasteiger partial charge on any atom is -0.390 e. The van der Waals surface area contributed by atoms with Gasteiger partial charge in [0.1, 0.15) is 0 Å². The zero-order chi connectivity index (χ0) is 7.40. The second kappa shape index (κ2) is 3.73. The van der Waals surface area contributed by atoms with Crippen molar-refractivity contribution < 1.29 is 5.11 Å². The predicted octanol–water partition coefficient (Wildman–Crippen LogP) is 0.639. The van der Waals surface area contributed by atoms with Gasteiger partial charge in [-0.15, -0.1) is 0 Å². The number of alkyl halides is 1. The van der Waals surface area contributed by atoms with E-state index < -0.39 is 0 Å². The van der Waals surface area contributed by atoms with Crippen LogP contribution in [-0.2, 0) is 6.54 Å². The summed E-state index contributed by atoms with van der Waals surface area (Å²) in [7, 11) is 0. The van der Waals surface area contributed by atoms with Crippen LogP contribution in [-0.4, -0.2) is 26.3 Å². The summed E-state index contributed by atoms with van der Waals surface area (Å²) < 4.78 is 1.70. The molecule has 0 saturated heterocycles. The number of halogens is 1. The van der Waals surface area contributed by atoms with Crippen molar-refractivity contribution in [2.45, 2.75) is 12.6 Å². The Kier molecular flexibility index (Phi) is 2.89. The van der Waals surface area contributed by atoms with Crippen LogP contribution in [0.2, 0.25) is 0 Å². The zero-order valence-corrected chi connectivity index (χ0v) is 7.03. The summed E-state index contributed by atoms with van der Waals surface area (Å²) in [4.78, 5) is 0. The Morgan fingerprint density at radius 2 is 2.50 bits per heavy atom. The van der Waals surface area contributed by atoms with Crippen LogP contribution in [0, 0.1) is 0 Å². The third-order valence-electron chi connectivity index (χ3n) is 1.14. The fourth-order valence-corrected chi connectivity index (χ4v) is 0.878. The van der Waals surface area contributed by atoms with Gasteiger partial charge in [0, 0.05) is 17.7 Å². The highest BCUT2D eigenvalue weighted by Crippen LogP contribution is 1.94. The van der Waals surface area contributed by atoms with E-state index in [0.29, 0.717) is 11.9 Å². The summed E-state index contributed by atoms with van der Waals surface area (Å²) in [6, 6.07) is 1.83. The van der Waals surface area contributed by atoms with Crippen molar-refractivity contribution in [2.75, 3.05) is 5.33 Å². The molecule has 0 aromatic carbocycles. The van der Waals surface area contributed by atoms with Crippen LogP contribution in [0.5, 0.6) is 0 Å². The molecule has 1 atom stereocenters. The molecule has 1 aromatic heterocycles. The van der Waals surface area contributed by atoms with Crippen LogP contribution < -0.4 is 0 Å². The molecule has 1 rings (SSSR count). The third kappa shape index (κ3) is 2.11. The molecule has 56 valence electrons. The smallest absolute Gasteiger partial charge is 0.0832 e. The summed E-state index contributed by atoms with van der Waals surface area (Å²) in [5.41, 5.74) is 0. The molecule has 1 heterocycles. The molecular weight excluding hydrogens is 196 g/mol. The van der Waals surface area contributed by atoms with Gasteiger partial charge in [-0.25, -0.2) is 0 Å². The van der Waals surface area contributed by atoms with E-state index in [0.717, 1.165) is 0 Å².